The highest BCUT2D eigenvalue weighted by Crippen LogP contribution is 2.25. The molecule has 1 aromatic heterocycles. The number of hydrogen-bond donors (Lipinski definition) is 1. The van der Waals surface area contributed by atoms with Crippen molar-refractivity contribution in [1.29, 1.82) is 0 Å². The van der Waals surface area contributed by atoms with E-state index in [4.69, 9.17) is 0 Å². The van der Waals surface area contributed by atoms with Crippen LogP contribution in [0, 0.1) is 0 Å². The Balaban J connectivity index is 2.02. The molecule has 0 saturated heterocycles. The van der Waals surface area contributed by atoms with Crippen molar-refractivity contribution in [3.8, 4) is 0 Å². The Kier molecular flexibility index (Phi) is 3.74. The van der Waals surface area contributed by atoms with Gasteiger partial charge in [-0.2, -0.15) is 0 Å². The Hall–Kier alpha value is -1.14. The highest BCUT2D eigenvalue weighted by atomic mass is 32.2. The highest BCUT2D eigenvalue weighted by Gasteiger charge is 2.00. The van der Waals surface area contributed by atoms with Gasteiger partial charge < -0.3 is 5.32 Å². The maximum absolute atomic E-state index is 3.82. The normalized spacial score (nSPS) is 10.7. The zero-order chi connectivity index (χ0) is 11.4. The number of rotatable bonds is 4. The topological polar surface area (TPSA) is 50.7 Å². The van der Waals surface area contributed by atoms with Gasteiger partial charge in [0.2, 0.25) is 5.13 Å². The molecule has 0 aliphatic carbocycles. The van der Waals surface area contributed by atoms with Crippen LogP contribution in [0.15, 0.2) is 29.2 Å². The van der Waals surface area contributed by atoms with Crippen molar-refractivity contribution in [2.75, 3.05) is 5.32 Å². The minimum Gasteiger partial charge on any atom is -0.329 e. The van der Waals surface area contributed by atoms with Crippen molar-refractivity contribution in [3.05, 3.63) is 24.3 Å². The number of thioether (sulfide) groups is 1. The number of benzene rings is 1. The van der Waals surface area contributed by atoms with Crippen LogP contribution in [0.25, 0.3) is 0 Å². The van der Waals surface area contributed by atoms with Gasteiger partial charge in [0.25, 0.3) is 0 Å². The average Bonchev–Trinajstić information content (AvgIpc) is 2.73. The molecule has 0 atom stereocenters. The lowest BCUT2D eigenvalue weighted by atomic mass is 10.3. The number of nitrogens with one attached hydrogen (secondary N) is 1. The molecule has 0 bridgehead atoms. The maximum atomic E-state index is 3.82. The lowest BCUT2D eigenvalue weighted by Crippen LogP contribution is -1.90. The van der Waals surface area contributed by atoms with Crippen molar-refractivity contribution in [2.45, 2.75) is 24.0 Å². The van der Waals surface area contributed by atoms with Crippen molar-refractivity contribution in [3.63, 3.8) is 0 Å². The first-order valence-electron chi connectivity index (χ1n) is 4.93. The molecule has 0 aliphatic heterocycles. The first kappa shape index (κ1) is 11.3. The van der Waals surface area contributed by atoms with Crippen LogP contribution in [0.2, 0.25) is 0 Å². The highest BCUT2D eigenvalue weighted by molar-refractivity contribution is 7.99. The fourth-order valence-electron chi connectivity index (χ4n) is 1.19. The molecule has 1 aromatic carbocycles. The van der Waals surface area contributed by atoms with Gasteiger partial charge in [-0.1, -0.05) is 23.4 Å². The van der Waals surface area contributed by atoms with Gasteiger partial charge >= 0.3 is 0 Å². The van der Waals surface area contributed by atoms with Crippen molar-refractivity contribution >= 4 is 34.1 Å². The summed E-state index contributed by atoms with van der Waals surface area (Å²) < 4.78 is 3.69. The molecule has 4 nitrogen and oxygen atoms in total. The molecule has 0 amide bonds. The van der Waals surface area contributed by atoms with Gasteiger partial charge in [0, 0.05) is 27.4 Å². The third-order valence-electron chi connectivity index (χ3n) is 1.78. The van der Waals surface area contributed by atoms with Gasteiger partial charge in [-0.05, 0) is 29.5 Å². The van der Waals surface area contributed by atoms with E-state index in [0.717, 1.165) is 5.69 Å². The second-order valence-corrected chi connectivity index (χ2v) is 5.87. The Morgan fingerprint density at radius 3 is 2.56 bits per heavy atom. The smallest absolute Gasteiger partial charge is 0.229 e. The lowest BCUT2D eigenvalue weighted by Gasteiger charge is -2.06. The molecule has 1 N–H and O–H groups in total. The van der Waals surface area contributed by atoms with Crippen molar-refractivity contribution in [1.82, 2.24) is 14.8 Å². The molecule has 0 saturated carbocycles. The molecule has 1 heterocycles. The van der Waals surface area contributed by atoms with Gasteiger partial charge in [-0.25, -0.2) is 0 Å². The molecule has 2 aromatic rings. The van der Waals surface area contributed by atoms with E-state index < -0.39 is 0 Å². The van der Waals surface area contributed by atoms with Crippen LogP contribution in [0.5, 0.6) is 0 Å². The van der Waals surface area contributed by atoms with Gasteiger partial charge in [-0.15, -0.1) is 11.8 Å². The van der Waals surface area contributed by atoms with Gasteiger partial charge in [0.15, 0.2) is 0 Å². The summed E-state index contributed by atoms with van der Waals surface area (Å²) in [5.41, 5.74) is 1.01. The molecule has 0 aliphatic rings. The predicted octanol–water partition coefficient (Wildman–Crippen LogP) is 3.18. The quantitative estimate of drug-likeness (QED) is 0.847. The van der Waals surface area contributed by atoms with Crippen molar-refractivity contribution < 1.29 is 0 Å². The molecule has 0 spiro atoms. The number of nitrogens with zero attached hydrogens (tertiary/aromatic N) is 3. The third-order valence-corrected chi connectivity index (χ3v) is 3.30. The van der Waals surface area contributed by atoms with Crippen LogP contribution in [0.4, 0.5) is 10.8 Å². The summed E-state index contributed by atoms with van der Waals surface area (Å²) in [4.78, 5) is 1.27. The minimum absolute atomic E-state index is 0.603. The standard InChI is InChI=1S/C10H12N4S2/c1-7(2)15-9-5-3-8(4-6-9)11-10-12-13-14-16-10/h3-7H,1-2H3,(H,11,12,14). The van der Waals surface area contributed by atoms with Crippen LogP contribution in [0.3, 0.4) is 0 Å². The Bertz CT molecular complexity index is 425. The zero-order valence-corrected chi connectivity index (χ0v) is 10.7. The molecule has 16 heavy (non-hydrogen) atoms. The fraction of sp³-hybridized carbons (Fsp3) is 0.300. The largest absolute Gasteiger partial charge is 0.329 e. The second kappa shape index (κ2) is 5.27. The molecule has 6 heteroatoms. The van der Waals surface area contributed by atoms with Crippen LogP contribution in [0.1, 0.15) is 13.8 Å². The van der Waals surface area contributed by atoms with E-state index in [1.54, 1.807) is 0 Å². The molecule has 0 fully saturated rings. The van der Waals surface area contributed by atoms with E-state index >= 15 is 0 Å². The van der Waals surface area contributed by atoms with E-state index in [9.17, 15) is 0 Å². The van der Waals surface area contributed by atoms with Crippen LogP contribution in [-0.2, 0) is 0 Å². The predicted molar refractivity (Wildman–Crippen MR) is 68.4 cm³/mol. The van der Waals surface area contributed by atoms with Crippen LogP contribution in [-0.4, -0.2) is 20.1 Å². The third kappa shape index (κ3) is 3.18. The minimum atomic E-state index is 0.603. The Morgan fingerprint density at radius 2 is 2.00 bits per heavy atom. The Labute approximate surface area is 103 Å². The number of anilines is 2. The molecule has 0 radical (unpaired) electrons. The summed E-state index contributed by atoms with van der Waals surface area (Å²) in [7, 11) is 0. The number of aromatic nitrogens is 3. The molecule has 0 unspecified atom stereocenters. The SMILES string of the molecule is CC(C)Sc1ccc(Nc2nnns2)cc1. The van der Waals surface area contributed by atoms with Gasteiger partial charge in [0.05, 0.1) is 0 Å². The second-order valence-electron chi connectivity index (χ2n) is 3.48. The van der Waals surface area contributed by atoms with E-state index in [2.05, 4.69) is 46.1 Å². The first-order valence-corrected chi connectivity index (χ1v) is 6.58. The summed E-state index contributed by atoms with van der Waals surface area (Å²) in [6.45, 7) is 4.37. The maximum Gasteiger partial charge on any atom is 0.229 e. The zero-order valence-electron chi connectivity index (χ0n) is 9.04. The summed E-state index contributed by atoms with van der Waals surface area (Å²) in [5, 5.41) is 11.8. The number of hydrogen-bond acceptors (Lipinski definition) is 6. The molecule has 84 valence electrons. The van der Waals surface area contributed by atoms with Crippen molar-refractivity contribution in [2.24, 2.45) is 0 Å². The van der Waals surface area contributed by atoms with Gasteiger partial charge in [0.1, 0.15) is 0 Å². The van der Waals surface area contributed by atoms with E-state index in [1.807, 2.05) is 23.9 Å². The summed E-state index contributed by atoms with van der Waals surface area (Å²) >= 11 is 3.09. The van der Waals surface area contributed by atoms with E-state index in [-0.39, 0.29) is 0 Å². The van der Waals surface area contributed by atoms with E-state index in [0.29, 0.717) is 10.4 Å². The Morgan fingerprint density at radius 1 is 1.25 bits per heavy atom. The molecular formula is C10H12N4S2. The van der Waals surface area contributed by atoms with Crippen LogP contribution >= 0.6 is 23.3 Å². The fourth-order valence-corrected chi connectivity index (χ4v) is 2.42. The summed E-state index contributed by atoms with van der Waals surface area (Å²) in [6.07, 6.45) is 0. The summed E-state index contributed by atoms with van der Waals surface area (Å²) in [6, 6.07) is 8.27. The van der Waals surface area contributed by atoms with E-state index in [1.165, 1.54) is 16.4 Å². The average molecular weight is 252 g/mol. The van der Waals surface area contributed by atoms with Gasteiger partial charge in [-0.3, -0.25) is 0 Å². The lowest BCUT2D eigenvalue weighted by molar-refractivity contribution is 0.961. The van der Waals surface area contributed by atoms with Crippen LogP contribution < -0.4 is 5.32 Å². The molecular weight excluding hydrogens is 240 g/mol. The monoisotopic (exact) mass is 252 g/mol. The summed E-state index contributed by atoms with van der Waals surface area (Å²) in [5.74, 6) is 0. The first-order chi connectivity index (χ1) is 7.74. The molecule has 2 rings (SSSR count).